The Kier molecular flexibility index (Phi) is 4.18. The van der Waals surface area contributed by atoms with E-state index in [2.05, 4.69) is 21.0 Å². The molecule has 0 bridgehead atoms. The molecule has 19 heavy (non-hydrogen) atoms. The van der Waals surface area contributed by atoms with Crippen molar-refractivity contribution in [2.45, 2.75) is 38.8 Å². The summed E-state index contributed by atoms with van der Waals surface area (Å²) in [5.74, 6) is -0.138. The molecule has 1 atom stereocenters. The highest BCUT2D eigenvalue weighted by molar-refractivity contribution is 9.10. The highest BCUT2D eigenvalue weighted by Crippen LogP contribution is 2.22. The van der Waals surface area contributed by atoms with Crippen LogP contribution in [0.25, 0.3) is 0 Å². The molecule has 0 N–H and O–H groups in total. The third kappa shape index (κ3) is 3.12. The Morgan fingerprint density at radius 2 is 2.42 bits per heavy atom. The number of aromatic nitrogens is 2. The van der Waals surface area contributed by atoms with E-state index in [0.717, 1.165) is 19.4 Å². The molecule has 1 aromatic rings. The molecule has 104 valence electrons. The van der Waals surface area contributed by atoms with E-state index in [1.165, 1.54) is 10.9 Å². The quantitative estimate of drug-likeness (QED) is 0.624. The number of nitrogens with zero attached hydrogens (tertiary/aromatic N) is 4. The number of hydrogen-bond donors (Lipinski definition) is 0. The summed E-state index contributed by atoms with van der Waals surface area (Å²) in [6.45, 7) is 3.21. The Labute approximate surface area is 118 Å². The van der Waals surface area contributed by atoms with Gasteiger partial charge in [0.15, 0.2) is 0 Å². The Hall–Kier alpha value is -1.44. The monoisotopic (exact) mass is 330 g/mol. The summed E-state index contributed by atoms with van der Waals surface area (Å²) < 4.78 is 1.76. The average molecular weight is 331 g/mol. The second kappa shape index (κ2) is 5.68. The number of aryl methyl sites for hydroxylation is 1. The highest BCUT2D eigenvalue weighted by Gasteiger charge is 2.25. The smallest absolute Gasteiger partial charge is 0.358 e. The molecule has 0 aliphatic carbocycles. The van der Waals surface area contributed by atoms with E-state index in [9.17, 15) is 14.9 Å². The van der Waals surface area contributed by atoms with Crippen LogP contribution in [0.2, 0.25) is 0 Å². The average Bonchev–Trinajstić information content (AvgIpc) is 2.92. The van der Waals surface area contributed by atoms with Gasteiger partial charge in [0.1, 0.15) is 4.47 Å². The highest BCUT2D eigenvalue weighted by atomic mass is 79.9. The first-order valence-corrected chi connectivity index (χ1v) is 6.95. The largest absolute Gasteiger partial charge is 0.404 e. The van der Waals surface area contributed by atoms with Crippen molar-refractivity contribution < 1.29 is 9.72 Å². The molecule has 8 heteroatoms. The van der Waals surface area contributed by atoms with E-state index < -0.39 is 4.92 Å². The number of rotatable bonds is 4. The van der Waals surface area contributed by atoms with Crippen molar-refractivity contribution in [3.63, 3.8) is 0 Å². The molecule has 7 nitrogen and oxygen atoms in total. The van der Waals surface area contributed by atoms with Gasteiger partial charge in [0.05, 0.1) is 17.8 Å². The predicted octanol–water partition coefficient (Wildman–Crippen LogP) is 1.95. The normalized spacial score (nSPS) is 18.8. The maximum absolute atomic E-state index is 12.0. The van der Waals surface area contributed by atoms with E-state index in [0.29, 0.717) is 23.5 Å². The third-order valence-corrected chi connectivity index (χ3v) is 3.86. The minimum Gasteiger partial charge on any atom is -0.358 e. The Balaban J connectivity index is 1.93. The second-order valence-electron chi connectivity index (χ2n) is 4.65. The van der Waals surface area contributed by atoms with Gasteiger partial charge in [-0.3, -0.25) is 4.79 Å². The van der Waals surface area contributed by atoms with Crippen molar-refractivity contribution in [3.8, 4) is 0 Å². The summed E-state index contributed by atoms with van der Waals surface area (Å²) in [5.41, 5.74) is 0. The van der Waals surface area contributed by atoms with Gasteiger partial charge in [-0.2, -0.15) is 4.68 Å². The van der Waals surface area contributed by atoms with Crippen molar-refractivity contribution in [1.82, 2.24) is 14.7 Å². The third-order valence-electron chi connectivity index (χ3n) is 3.30. The van der Waals surface area contributed by atoms with Crippen molar-refractivity contribution in [2.24, 2.45) is 0 Å². The Morgan fingerprint density at radius 3 is 2.95 bits per heavy atom. The van der Waals surface area contributed by atoms with Crippen molar-refractivity contribution >= 4 is 27.7 Å². The molecule has 1 aromatic heterocycles. The lowest BCUT2D eigenvalue weighted by molar-refractivity contribution is -0.390. The Bertz CT molecular complexity index is 502. The molecule has 0 radical (unpaired) electrons. The van der Waals surface area contributed by atoms with Crippen molar-refractivity contribution in [2.75, 3.05) is 6.54 Å². The van der Waals surface area contributed by atoms with E-state index in [4.69, 9.17) is 0 Å². The van der Waals surface area contributed by atoms with Crippen molar-refractivity contribution in [1.29, 1.82) is 0 Å². The van der Waals surface area contributed by atoms with Gasteiger partial charge in [0.25, 0.3) is 0 Å². The number of halogens is 1. The van der Waals surface area contributed by atoms with Gasteiger partial charge in [-0.15, -0.1) is 0 Å². The first kappa shape index (κ1) is 14.0. The first-order chi connectivity index (χ1) is 8.99. The molecule has 1 aliphatic heterocycles. The van der Waals surface area contributed by atoms with Crippen LogP contribution in [0.1, 0.15) is 26.2 Å². The van der Waals surface area contributed by atoms with Crippen LogP contribution in [-0.4, -0.2) is 38.1 Å². The summed E-state index contributed by atoms with van der Waals surface area (Å²) in [4.78, 5) is 24.0. The number of amides is 1. The number of hydrogen-bond acceptors (Lipinski definition) is 4. The minimum absolute atomic E-state index is 0.0827. The molecule has 1 aliphatic rings. The first-order valence-electron chi connectivity index (χ1n) is 6.16. The summed E-state index contributed by atoms with van der Waals surface area (Å²) >= 11 is 3.08. The second-order valence-corrected chi connectivity index (χ2v) is 5.50. The van der Waals surface area contributed by atoms with Crippen molar-refractivity contribution in [3.05, 3.63) is 20.8 Å². The summed E-state index contributed by atoms with van der Waals surface area (Å²) in [7, 11) is 0. The van der Waals surface area contributed by atoms with E-state index in [1.54, 1.807) is 0 Å². The van der Waals surface area contributed by atoms with Crippen LogP contribution in [-0.2, 0) is 11.3 Å². The van der Waals surface area contributed by atoms with E-state index in [-0.39, 0.29) is 11.7 Å². The lowest BCUT2D eigenvalue weighted by Crippen LogP contribution is -2.34. The fraction of sp³-hybridized carbons (Fsp3) is 0.636. The van der Waals surface area contributed by atoms with Gasteiger partial charge >= 0.3 is 5.82 Å². The molecule has 2 heterocycles. The van der Waals surface area contributed by atoms with Gasteiger partial charge in [-0.05, 0) is 40.6 Å². The van der Waals surface area contributed by atoms with Crippen LogP contribution < -0.4 is 0 Å². The van der Waals surface area contributed by atoms with Gasteiger partial charge in [-0.25, -0.2) is 0 Å². The maximum Gasteiger partial charge on any atom is 0.404 e. The number of nitro groups is 1. The fourth-order valence-corrected chi connectivity index (χ4v) is 2.74. The van der Waals surface area contributed by atoms with Gasteiger partial charge in [0.2, 0.25) is 5.91 Å². The van der Waals surface area contributed by atoms with Crippen LogP contribution in [0.3, 0.4) is 0 Å². The molecule has 2 rings (SSSR count). The predicted molar refractivity (Wildman–Crippen MR) is 71.6 cm³/mol. The van der Waals surface area contributed by atoms with Gasteiger partial charge < -0.3 is 15.0 Å². The van der Waals surface area contributed by atoms with Gasteiger partial charge in [-0.1, -0.05) is 0 Å². The van der Waals surface area contributed by atoms with E-state index in [1.807, 2.05) is 11.8 Å². The molecule has 1 saturated heterocycles. The molecular weight excluding hydrogens is 316 g/mol. The van der Waals surface area contributed by atoms with Crippen LogP contribution in [0.4, 0.5) is 5.82 Å². The molecular formula is C11H15BrN4O3. The topological polar surface area (TPSA) is 81.3 Å². The zero-order valence-corrected chi connectivity index (χ0v) is 12.2. The van der Waals surface area contributed by atoms with Crippen LogP contribution >= 0.6 is 15.9 Å². The molecule has 1 fully saturated rings. The molecule has 0 aromatic carbocycles. The molecule has 0 saturated carbocycles. The van der Waals surface area contributed by atoms with Crippen LogP contribution in [0.15, 0.2) is 10.7 Å². The van der Waals surface area contributed by atoms with E-state index >= 15 is 0 Å². The van der Waals surface area contributed by atoms with Crippen LogP contribution in [0.5, 0.6) is 0 Å². The number of carbonyl (C=O) groups excluding carboxylic acids is 1. The van der Waals surface area contributed by atoms with Gasteiger partial charge in [0, 0.05) is 19.0 Å². The molecule has 0 spiro atoms. The maximum atomic E-state index is 12.0. The minimum atomic E-state index is -0.551. The number of carbonyl (C=O) groups is 1. The SMILES string of the molecule is CC1CCCN1C(=O)CCn1cc(Br)c([N+](=O)[O-])n1. The molecule has 1 unspecified atom stereocenters. The number of likely N-dealkylation sites (tertiary alicyclic amines) is 1. The Morgan fingerprint density at radius 1 is 1.68 bits per heavy atom. The summed E-state index contributed by atoms with van der Waals surface area (Å²) in [6.07, 6.45) is 3.94. The standard InChI is InChI=1S/C11H15BrN4O3/c1-8-3-2-5-15(8)10(17)4-6-14-7-9(12)11(13-14)16(18)19/h7-8H,2-6H2,1H3. The zero-order chi connectivity index (χ0) is 14.0. The van der Waals surface area contributed by atoms with Crippen LogP contribution in [0, 0.1) is 10.1 Å². The summed E-state index contributed by atoms with van der Waals surface area (Å²) in [5, 5.41) is 14.5. The lowest BCUT2D eigenvalue weighted by atomic mass is 10.2. The fourth-order valence-electron chi connectivity index (χ4n) is 2.28. The zero-order valence-electron chi connectivity index (χ0n) is 10.6. The molecule has 1 amide bonds. The summed E-state index contributed by atoms with van der Waals surface area (Å²) in [6, 6.07) is 0.297. The lowest BCUT2D eigenvalue weighted by Gasteiger charge is -2.20.